The minimum absolute atomic E-state index is 0.0226. The van der Waals surface area contributed by atoms with Gasteiger partial charge >= 0.3 is 0 Å². The molecule has 0 bridgehead atoms. The number of aliphatic hydroxyl groups excluding tert-OH is 1. The van der Waals surface area contributed by atoms with Crippen molar-refractivity contribution in [2.45, 2.75) is 31.9 Å². The van der Waals surface area contributed by atoms with Crippen LogP contribution in [0, 0.1) is 5.82 Å². The highest BCUT2D eigenvalue weighted by atomic mass is 35.5. The average Bonchev–Trinajstić information content (AvgIpc) is 3.60. The summed E-state index contributed by atoms with van der Waals surface area (Å²) in [5.74, 6) is -1.21. The van der Waals surface area contributed by atoms with Gasteiger partial charge in [-0.15, -0.1) is 0 Å². The lowest BCUT2D eigenvalue weighted by atomic mass is 10.0. The molecule has 3 aromatic heterocycles. The molecule has 1 atom stereocenters. The van der Waals surface area contributed by atoms with Crippen LogP contribution >= 0.6 is 11.6 Å². The van der Waals surface area contributed by atoms with Gasteiger partial charge in [0.05, 0.1) is 54.2 Å². The van der Waals surface area contributed by atoms with Crippen LogP contribution in [0.25, 0.3) is 11.3 Å². The zero-order chi connectivity index (χ0) is 27.5. The van der Waals surface area contributed by atoms with E-state index in [0.717, 1.165) is 49.5 Å². The van der Waals surface area contributed by atoms with Crippen molar-refractivity contribution in [3.63, 3.8) is 0 Å². The van der Waals surface area contributed by atoms with E-state index in [9.17, 15) is 23.1 Å². The fraction of sp³-hybridized carbons (Fsp3) is 0.280. The van der Waals surface area contributed by atoms with Gasteiger partial charge in [0, 0.05) is 41.8 Å². The highest BCUT2D eigenvalue weighted by Gasteiger charge is 2.26. The molecular formula is C25H22ClF3N8O2. The van der Waals surface area contributed by atoms with Crippen molar-refractivity contribution < 1.29 is 23.1 Å². The first kappa shape index (κ1) is 26.5. The van der Waals surface area contributed by atoms with Gasteiger partial charge in [0.15, 0.2) is 5.82 Å². The van der Waals surface area contributed by atoms with Crippen LogP contribution in [0.4, 0.5) is 24.8 Å². The lowest BCUT2D eigenvalue weighted by molar-refractivity contribution is 0.102. The van der Waals surface area contributed by atoms with Gasteiger partial charge in [0.25, 0.3) is 12.3 Å². The van der Waals surface area contributed by atoms with Gasteiger partial charge in [-0.1, -0.05) is 17.7 Å². The molecule has 1 unspecified atom stereocenters. The molecule has 2 N–H and O–H groups in total. The van der Waals surface area contributed by atoms with Crippen molar-refractivity contribution in [2.75, 3.05) is 23.4 Å². The van der Waals surface area contributed by atoms with E-state index in [1.165, 1.54) is 6.20 Å². The third-order valence-corrected chi connectivity index (χ3v) is 6.55. The first-order chi connectivity index (χ1) is 18.8. The summed E-state index contributed by atoms with van der Waals surface area (Å²) in [6.45, 7) is 1.18. The topological polar surface area (TPSA) is 122 Å². The highest BCUT2D eigenvalue weighted by Crippen LogP contribution is 2.35. The maximum absolute atomic E-state index is 14.6. The molecular weight excluding hydrogens is 537 g/mol. The summed E-state index contributed by atoms with van der Waals surface area (Å²) in [5.41, 5.74) is -0.484. The number of hydrogen-bond donors (Lipinski definition) is 2. The van der Waals surface area contributed by atoms with Crippen LogP contribution in [0.2, 0.25) is 5.02 Å². The summed E-state index contributed by atoms with van der Waals surface area (Å²) in [6.07, 6.45) is 7.46. The third-order valence-electron chi connectivity index (χ3n) is 6.26. The number of aliphatic hydroxyl groups is 1. The van der Waals surface area contributed by atoms with E-state index in [2.05, 4.69) is 30.4 Å². The number of nitrogens with zero attached hydrogens (tertiary/aromatic N) is 7. The summed E-state index contributed by atoms with van der Waals surface area (Å²) in [6, 6.07) is 2.06. The number of carbonyl (C=O) groups excluding carboxylic acids is 1. The predicted molar refractivity (Wildman–Crippen MR) is 136 cm³/mol. The first-order valence-electron chi connectivity index (χ1n) is 11.9. The number of alkyl halides is 2. The number of rotatable bonds is 8. The Morgan fingerprint density at radius 2 is 1.97 bits per heavy atom. The summed E-state index contributed by atoms with van der Waals surface area (Å²) < 4.78 is 43.2. The Hall–Kier alpha value is -4.10. The molecule has 4 heterocycles. The second-order valence-corrected chi connectivity index (χ2v) is 9.27. The van der Waals surface area contributed by atoms with Gasteiger partial charge in [0.1, 0.15) is 5.69 Å². The Kier molecular flexibility index (Phi) is 7.70. The fourth-order valence-electron chi connectivity index (χ4n) is 4.37. The molecule has 0 aliphatic carbocycles. The molecule has 4 aromatic rings. The van der Waals surface area contributed by atoms with E-state index in [-0.39, 0.29) is 29.1 Å². The number of halogens is 4. The van der Waals surface area contributed by atoms with Gasteiger partial charge in [-0.05, 0) is 18.9 Å². The second kappa shape index (κ2) is 11.3. The van der Waals surface area contributed by atoms with E-state index in [4.69, 9.17) is 11.6 Å². The van der Waals surface area contributed by atoms with E-state index in [1.54, 1.807) is 23.3 Å². The molecule has 10 nitrogen and oxygen atoms in total. The predicted octanol–water partition coefficient (Wildman–Crippen LogP) is 4.12. The van der Waals surface area contributed by atoms with Crippen LogP contribution in [0.15, 0.2) is 49.3 Å². The highest BCUT2D eigenvalue weighted by molar-refractivity contribution is 6.31. The van der Waals surface area contributed by atoms with Gasteiger partial charge < -0.3 is 15.3 Å². The molecule has 1 aromatic carbocycles. The van der Waals surface area contributed by atoms with Crippen molar-refractivity contribution in [1.29, 1.82) is 0 Å². The Balaban J connectivity index is 1.27. The van der Waals surface area contributed by atoms with Crippen molar-refractivity contribution >= 4 is 29.1 Å². The molecule has 1 saturated heterocycles. The smallest absolute Gasteiger partial charge is 0.275 e. The Labute approximate surface area is 225 Å². The Morgan fingerprint density at radius 3 is 2.72 bits per heavy atom. The Morgan fingerprint density at radius 1 is 1.18 bits per heavy atom. The van der Waals surface area contributed by atoms with Crippen LogP contribution in [0.1, 0.15) is 40.9 Å². The SMILES string of the molecule is O=C(Nc1cnn(Cc2cnc(N3CCCC3CO)nc2)c1)c1cncc(-c2c(C(F)F)ccc(Cl)c2F)n1. The summed E-state index contributed by atoms with van der Waals surface area (Å²) in [4.78, 5) is 31.5. The maximum Gasteiger partial charge on any atom is 0.275 e. The number of amides is 1. The van der Waals surface area contributed by atoms with E-state index < -0.39 is 29.3 Å². The van der Waals surface area contributed by atoms with Crippen molar-refractivity contribution in [3.05, 3.63) is 77.0 Å². The monoisotopic (exact) mass is 558 g/mol. The van der Waals surface area contributed by atoms with Crippen LogP contribution in [-0.4, -0.2) is 59.9 Å². The number of anilines is 2. The van der Waals surface area contributed by atoms with E-state index >= 15 is 0 Å². The van der Waals surface area contributed by atoms with Crippen LogP contribution in [-0.2, 0) is 6.54 Å². The van der Waals surface area contributed by atoms with Crippen LogP contribution in [0.3, 0.4) is 0 Å². The molecule has 14 heteroatoms. The molecule has 0 spiro atoms. The zero-order valence-electron chi connectivity index (χ0n) is 20.3. The molecule has 0 radical (unpaired) electrons. The fourth-order valence-corrected chi connectivity index (χ4v) is 4.52. The summed E-state index contributed by atoms with van der Waals surface area (Å²) in [5, 5.41) is 16.0. The van der Waals surface area contributed by atoms with Crippen molar-refractivity contribution in [3.8, 4) is 11.3 Å². The molecule has 39 heavy (non-hydrogen) atoms. The molecule has 0 saturated carbocycles. The largest absolute Gasteiger partial charge is 0.394 e. The van der Waals surface area contributed by atoms with Crippen molar-refractivity contribution in [1.82, 2.24) is 29.7 Å². The minimum atomic E-state index is -2.99. The average molecular weight is 559 g/mol. The standard InChI is InChI=1S/C25H22ClF3N8O2/c26-18-4-3-17(23(28)29)21(22(18)27)19-9-30-10-20(35-19)24(39)34-15-8-33-36(12-15)11-14-6-31-25(32-7-14)37-5-1-2-16(37)13-38/h3-4,6-10,12,16,23,38H,1-2,5,11,13H2,(H,34,39). The first-order valence-corrected chi connectivity index (χ1v) is 12.3. The normalized spacial score (nSPS) is 15.2. The molecule has 1 amide bonds. The zero-order valence-corrected chi connectivity index (χ0v) is 21.1. The van der Waals surface area contributed by atoms with E-state index in [1.807, 2.05) is 4.90 Å². The summed E-state index contributed by atoms with van der Waals surface area (Å²) >= 11 is 5.78. The van der Waals surface area contributed by atoms with Gasteiger partial charge in [-0.3, -0.25) is 14.5 Å². The lowest BCUT2D eigenvalue weighted by Crippen LogP contribution is -2.33. The third kappa shape index (κ3) is 5.68. The van der Waals surface area contributed by atoms with Crippen molar-refractivity contribution in [2.24, 2.45) is 0 Å². The minimum Gasteiger partial charge on any atom is -0.394 e. The molecule has 1 aliphatic rings. The molecule has 5 rings (SSSR count). The number of nitrogens with one attached hydrogen (secondary N) is 1. The van der Waals surface area contributed by atoms with Gasteiger partial charge in [0.2, 0.25) is 5.95 Å². The van der Waals surface area contributed by atoms with E-state index in [0.29, 0.717) is 18.2 Å². The maximum atomic E-state index is 14.6. The number of benzene rings is 1. The molecule has 1 aliphatic heterocycles. The summed E-state index contributed by atoms with van der Waals surface area (Å²) in [7, 11) is 0. The number of hydrogen-bond acceptors (Lipinski definition) is 8. The van der Waals surface area contributed by atoms with Crippen LogP contribution < -0.4 is 10.2 Å². The van der Waals surface area contributed by atoms with Crippen LogP contribution in [0.5, 0.6) is 0 Å². The number of carbonyl (C=O) groups is 1. The quantitative estimate of drug-likeness (QED) is 0.331. The second-order valence-electron chi connectivity index (χ2n) is 8.86. The molecule has 1 fully saturated rings. The Bertz CT molecular complexity index is 1480. The van der Waals surface area contributed by atoms with Gasteiger partial charge in [-0.25, -0.2) is 28.1 Å². The molecule has 202 valence electrons. The van der Waals surface area contributed by atoms with Gasteiger partial charge in [-0.2, -0.15) is 5.10 Å². The lowest BCUT2D eigenvalue weighted by Gasteiger charge is -2.22. The number of aromatic nitrogens is 6.